The Balaban J connectivity index is 2.57. The quantitative estimate of drug-likeness (QED) is 0.397. The molecular weight excluding hydrogens is 190 g/mol. The van der Waals surface area contributed by atoms with Crippen LogP contribution in [-0.2, 0) is 0 Å². The van der Waals surface area contributed by atoms with Crippen molar-refractivity contribution in [3.05, 3.63) is 17.7 Å². The average Bonchev–Trinajstić information content (AvgIpc) is 2.20. The zero-order chi connectivity index (χ0) is 11.3. The number of hydrogen-bond donors (Lipinski definition) is 3. The van der Waals surface area contributed by atoms with Crippen LogP contribution >= 0.6 is 0 Å². The van der Waals surface area contributed by atoms with Gasteiger partial charge in [0.05, 0.1) is 0 Å². The second-order valence-corrected chi connectivity index (χ2v) is 3.79. The summed E-state index contributed by atoms with van der Waals surface area (Å²) in [4.78, 5) is 0. The molecule has 84 valence electrons. The summed E-state index contributed by atoms with van der Waals surface area (Å²) in [5.74, 6) is -0.134. The van der Waals surface area contributed by atoms with Gasteiger partial charge in [0.2, 0.25) is 0 Å². The van der Waals surface area contributed by atoms with E-state index >= 15 is 0 Å². The number of benzene rings is 1. The molecule has 3 heteroatoms. The van der Waals surface area contributed by atoms with Crippen LogP contribution in [0.15, 0.2) is 12.1 Å². The standard InChI is InChI=1S/C12H19NO2/c1-3-4-5-6-13-10-8-12(15)11(14)7-9(10)2/h7-8,13-15H,3-6H2,1-2H3. The minimum absolute atomic E-state index is 0.0633. The maximum Gasteiger partial charge on any atom is 0.159 e. The summed E-state index contributed by atoms with van der Waals surface area (Å²) in [6, 6.07) is 3.13. The second-order valence-electron chi connectivity index (χ2n) is 3.79. The normalized spacial score (nSPS) is 10.3. The second kappa shape index (κ2) is 5.49. The molecule has 0 aliphatic carbocycles. The van der Waals surface area contributed by atoms with Gasteiger partial charge in [-0.15, -0.1) is 0 Å². The van der Waals surface area contributed by atoms with E-state index in [2.05, 4.69) is 12.2 Å². The van der Waals surface area contributed by atoms with Crippen molar-refractivity contribution in [3.63, 3.8) is 0 Å². The molecule has 0 spiro atoms. The van der Waals surface area contributed by atoms with Crippen molar-refractivity contribution in [1.29, 1.82) is 0 Å². The van der Waals surface area contributed by atoms with Gasteiger partial charge in [0.25, 0.3) is 0 Å². The predicted molar refractivity (Wildman–Crippen MR) is 62.5 cm³/mol. The van der Waals surface area contributed by atoms with Crippen LogP contribution < -0.4 is 5.32 Å². The van der Waals surface area contributed by atoms with E-state index < -0.39 is 0 Å². The molecule has 0 unspecified atom stereocenters. The highest BCUT2D eigenvalue weighted by Gasteiger charge is 2.04. The summed E-state index contributed by atoms with van der Waals surface area (Å²) in [5, 5.41) is 21.8. The van der Waals surface area contributed by atoms with Crippen molar-refractivity contribution in [2.45, 2.75) is 33.1 Å². The molecule has 1 aromatic rings. The van der Waals surface area contributed by atoms with Crippen LogP contribution in [0.2, 0.25) is 0 Å². The molecule has 0 heterocycles. The number of phenols is 2. The van der Waals surface area contributed by atoms with Gasteiger partial charge in [-0.2, -0.15) is 0 Å². The molecule has 1 rings (SSSR count). The first kappa shape index (κ1) is 11.7. The highest BCUT2D eigenvalue weighted by molar-refractivity contribution is 5.59. The van der Waals surface area contributed by atoms with Crippen LogP contribution in [0, 0.1) is 6.92 Å². The van der Waals surface area contributed by atoms with Gasteiger partial charge in [0, 0.05) is 18.3 Å². The minimum atomic E-state index is -0.0707. The van der Waals surface area contributed by atoms with Gasteiger partial charge in [-0.1, -0.05) is 19.8 Å². The molecule has 0 aromatic heterocycles. The summed E-state index contributed by atoms with van der Waals surface area (Å²) in [7, 11) is 0. The van der Waals surface area contributed by atoms with Crippen molar-refractivity contribution >= 4 is 5.69 Å². The van der Waals surface area contributed by atoms with E-state index in [0.717, 1.165) is 24.2 Å². The maximum atomic E-state index is 9.34. The number of phenolic OH excluding ortho intramolecular Hbond substituents is 2. The smallest absolute Gasteiger partial charge is 0.159 e. The number of hydrogen-bond acceptors (Lipinski definition) is 3. The van der Waals surface area contributed by atoms with Gasteiger partial charge in [0.15, 0.2) is 11.5 Å². The third-order valence-corrected chi connectivity index (χ3v) is 2.42. The van der Waals surface area contributed by atoms with Crippen LogP contribution in [0.1, 0.15) is 31.7 Å². The third-order valence-electron chi connectivity index (χ3n) is 2.42. The van der Waals surface area contributed by atoms with Gasteiger partial charge >= 0.3 is 0 Å². The van der Waals surface area contributed by atoms with Gasteiger partial charge in [-0.3, -0.25) is 0 Å². The highest BCUT2D eigenvalue weighted by Crippen LogP contribution is 2.30. The van der Waals surface area contributed by atoms with Crippen molar-refractivity contribution < 1.29 is 10.2 Å². The predicted octanol–water partition coefficient (Wildman–Crippen LogP) is 3.01. The first-order valence-electron chi connectivity index (χ1n) is 5.41. The molecular formula is C12H19NO2. The topological polar surface area (TPSA) is 52.5 Å². The van der Waals surface area contributed by atoms with Gasteiger partial charge in [-0.05, 0) is 25.0 Å². The molecule has 0 aliphatic rings. The lowest BCUT2D eigenvalue weighted by atomic mass is 10.1. The summed E-state index contributed by atoms with van der Waals surface area (Å²) in [6.07, 6.45) is 3.52. The van der Waals surface area contributed by atoms with E-state index in [0.29, 0.717) is 0 Å². The van der Waals surface area contributed by atoms with Crippen molar-refractivity contribution in [1.82, 2.24) is 0 Å². The molecule has 3 nitrogen and oxygen atoms in total. The summed E-state index contributed by atoms with van der Waals surface area (Å²) < 4.78 is 0. The molecule has 0 saturated heterocycles. The third kappa shape index (κ3) is 3.35. The zero-order valence-corrected chi connectivity index (χ0v) is 9.38. The molecule has 1 aromatic carbocycles. The number of rotatable bonds is 5. The SMILES string of the molecule is CCCCCNc1cc(O)c(O)cc1C. The van der Waals surface area contributed by atoms with Gasteiger partial charge in [-0.25, -0.2) is 0 Å². The Morgan fingerprint density at radius 1 is 1.13 bits per heavy atom. The lowest BCUT2D eigenvalue weighted by Gasteiger charge is -2.10. The Morgan fingerprint density at radius 2 is 1.80 bits per heavy atom. The fourth-order valence-corrected chi connectivity index (χ4v) is 1.47. The Bertz CT molecular complexity index is 324. The summed E-state index contributed by atoms with van der Waals surface area (Å²) >= 11 is 0. The molecule has 15 heavy (non-hydrogen) atoms. The van der Waals surface area contributed by atoms with E-state index in [1.54, 1.807) is 12.1 Å². The summed E-state index contributed by atoms with van der Waals surface area (Å²) in [5.41, 5.74) is 1.84. The largest absolute Gasteiger partial charge is 0.504 e. The van der Waals surface area contributed by atoms with E-state index in [-0.39, 0.29) is 11.5 Å². The Labute approximate surface area is 90.8 Å². The minimum Gasteiger partial charge on any atom is -0.504 e. The number of aryl methyl sites for hydroxylation is 1. The Kier molecular flexibility index (Phi) is 4.28. The number of aromatic hydroxyl groups is 2. The van der Waals surface area contributed by atoms with E-state index in [1.807, 2.05) is 6.92 Å². The molecule has 0 atom stereocenters. The van der Waals surface area contributed by atoms with Crippen molar-refractivity contribution in [2.24, 2.45) is 0 Å². The monoisotopic (exact) mass is 209 g/mol. The zero-order valence-electron chi connectivity index (χ0n) is 9.38. The van der Waals surface area contributed by atoms with Gasteiger partial charge < -0.3 is 15.5 Å². The number of anilines is 1. The van der Waals surface area contributed by atoms with Crippen LogP contribution in [0.5, 0.6) is 11.5 Å². The van der Waals surface area contributed by atoms with Crippen molar-refractivity contribution in [3.8, 4) is 11.5 Å². The molecule has 0 saturated carbocycles. The first-order chi connectivity index (χ1) is 7.15. The molecule has 0 fully saturated rings. The molecule has 0 radical (unpaired) electrons. The molecule has 0 aliphatic heterocycles. The fourth-order valence-electron chi connectivity index (χ4n) is 1.47. The average molecular weight is 209 g/mol. The Morgan fingerprint density at radius 3 is 2.47 bits per heavy atom. The molecule has 0 amide bonds. The lowest BCUT2D eigenvalue weighted by Crippen LogP contribution is -2.02. The van der Waals surface area contributed by atoms with Crippen LogP contribution in [-0.4, -0.2) is 16.8 Å². The lowest BCUT2D eigenvalue weighted by molar-refractivity contribution is 0.403. The fraction of sp³-hybridized carbons (Fsp3) is 0.500. The first-order valence-corrected chi connectivity index (χ1v) is 5.41. The summed E-state index contributed by atoms with van der Waals surface area (Å²) in [6.45, 7) is 4.97. The van der Waals surface area contributed by atoms with Gasteiger partial charge in [0.1, 0.15) is 0 Å². The van der Waals surface area contributed by atoms with E-state index in [1.165, 1.54) is 12.8 Å². The highest BCUT2D eigenvalue weighted by atomic mass is 16.3. The van der Waals surface area contributed by atoms with Crippen molar-refractivity contribution in [2.75, 3.05) is 11.9 Å². The van der Waals surface area contributed by atoms with Crippen LogP contribution in [0.25, 0.3) is 0 Å². The number of unbranched alkanes of at least 4 members (excludes halogenated alkanes) is 2. The molecule has 3 N–H and O–H groups in total. The van der Waals surface area contributed by atoms with Crippen LogP contribution in [0.3, 0.4) is 0 Å². The van der Waals surface area contributed by atoms with E-state index in [4.69, 9.17) is 0 Å². The van der Waals surface area contributed by atoms with Crippen LogP contribution in [0.4, 0.5) is 5.69 Å². The Hall–Kier alpha value is -1.38. The molecule has 0 bridgehead atoms. The number of nitrogens with one attached hydrogen (secondary N) is 1. The maximum absolute atomic E-state index is 9.34. The van der Waals surface area contributed by atoms with E-state index in [9.17, 15) is 10.2 Å².